The summed E-state index contributed by atoms with van der Waals surface area (Å²) in [6.45, 7) is 11.6. The number of carbonyl (C=O) groups excluding carboxylic acids is 1. The van der Waals surface area contributed by atoms with Gasteiger partial charge in [0.2, 0.25) is 0 Å². The summed E-state index contributed by atoms with van der Waals surface area (Å²) in [5, 5.41) is 11.7. The van der Waals surface area contributed by atoms with E-state index in [0.717, 1.165) is 10.5 Å². The average molecular weight is 353 g/mol. The van der Waals surface area contributed by atoms with E-state index < -0.39 is 23.7 Å². The van der Waals surface area contributed by atoms with Crippen molar-refractivity contribution in [3.8, 4) is 0 Å². The normalized spacial score (nSPS) is 13.2. The lowest BCUT2D eigenvalue weighted by Crippen LogP contribution is -2.44. The number of carboxylic acid groups (broad SMARTS) is 1. The molecule has 5 nitrogen and oxygen atoms in total. The van der Waals surface area contributed by atoms with Crippen molar-refractivity contribution < 1.29 is 19.4 Å². The molecule has 6 heteroatoms. The van der Waals surface area contributed by atoms with Crippen molar-refractivity contribution in [3.63, 3.8) is 0 Å². The number of hydrogen-bond donors (Lipinski definition) is 2. The summed E-state index contributed by atoms with van der Waals surface area (Å²) in [5.74, 6) is -1.09. The smallest absolute Gasteiger partial charge is 0.408 e. The second-order valence-corrected chi connectivity index (χ2v) is 9.50. The molecule has 1 atom stereocenters. The molecule has 0 aliphatic heterocycles. The molecule has 1 amide bonds. The molecular weight excluding hydrogens is 326 g/mol. The van der Waals surface area contributed by atoms with Gasteiger partial charge in [-0.1, -0.05) is 32.9 Å². The molecule has 0 aliphatic carbocycles. The highest BCUT2D eigenvalue weighted by Gasteiger charge is 2.24. The lowest BCUT2D eigenvalue weighted by molar-refractivity contribution is -0.139. The van der Waals surface area contributed by atoms with E-state index in [1.807, 2.05) is 24.3 Å². The van der Waals surface area contributed by atoms with E-state index in [-0.39, 0.29) is 11.2 Å². The van der Waals surface area contributed by atoms with Gasteiger partial charge < -0.3 is 15.2 Å². The Kier molecular flexibility index (Phi) is 6.72. The van der Waals surface area contributed by atoms with Gasteiger partial charge in [0.05, 0.1) is 0 Å². The van der Waals surface area contributed by atoms with Gasteiger partial charge in [-0.05, 0) is 38.5 Å². The molecule has 0 unspecified atom stereocenters. The van der Waals surface area contributed by atoms with Crippen LogP contribution in [0.2, 0.25) is 0 Å². The fourth-order valence-electron chi connectivity index (χ4n) is 1.93. The van der Waals surface area contributed by atoms with Crippen molar-refractivity contribution >= 4 is 23.8 Å². The minimum absolute atomic E-state index is 0.114. The van der Waals surface area contributed by atoms with E-state index in [9.17, 15) is 14.7 Å². The largest absolute Gasteiger partial charge is 0.480 e. The van der Waals surface area contributed by atoms with Crippen LogP contribution in [0.1, 0.15) is 47.1 Å². The van der Waals surface area contributed by atoms with Gasteiger partial charge in [0, 0.05) is 16.1 Å². The molecule has 0 spiro atoms. The van der Waals surface area contributed by atoms with Gasteiger partial charge >= 0.3 is 12.1 Å². The maximum absolute atomic E-state index is 11.8. The Morgan fingerprint density at radius 3 is 2.08 bits per heavy atom. The first-order valence-electron chi connectivity index (χ1n) is 7.86. The molecule has 2 N–H and O–H groups in total. The third kappa shape index (κ3) is 8.24. The Morgan fingerprint density at radius 2 is 1.67 bits per heavy atom. The molecule has 0 radical (unpaired) electrons. The Bertz CT molecular complexity index is 570. The summed E-state index contributed by atoms with van der Waals surface area (Å²) < 4.78 is 5.23. The maximum Gasteiger partial charge on any atom is 0.408 e. The molecule has 0 bridgehead atoms. The van der Waals surface area contributed by atoms with E-state index in [1.165, 1.54) is 0 Å². The highest BCUT2D eigenvalue weighted by atomic mass is 32.2. The zero-order valence-electron chi connectivity index (χ0n) is 15.2. The number of amides is 1. The van der Waals surface area contributed by atoms with Gasteiger partial charge in [-0.25, -0.2) is 9.59 Å². The number of benzene rings is 1. The van der Waals surface area contributed by atoms with Crippen LogP contribution in [0, 0.1) is 0 Å². The molecule has 134 valence electrons. The third-order valence-corrected chi connectivity index (χ3v) is 3.90. The van der Waals surface area contributed by atoms with E-state index in [0.29, 0.717) is 0 Å². The van der Waals surface area contributed by atoms with Crippen LogP contribution in [-0.2, 0) is 16.0 Å². The van der Waals surface area contributed by atoms with Crippen molar-refractivity contribution in [2.45, 2.75) is 69.2 Å². The number of carbonyl (C=O) groups is 2. The first kappa shape index (κ1) is 20.4. The molecule has 0 aliphatic rings. The van der Waals surface area contributed by atoms with Crippen molar-refractivity contribution in [2.75, 3.05) is 0 Å². The van der Waals surface area contributed by atoms with Gasteiger partial charge in [-0.15, -0.1) is 11.8 Å². The molecule has 0 fully saturated rings. The summed E-state index contributed by atoms with van der Waals surface area (Å²) in [7, 11) is 0. The fraction of sp³-hybridized carbons (Fsp3) is 0.556. The van der Waals surface area contributed by atoms with Gasteiger partial charge in [-0.2, -0.15) is 0 Å². The number of nitrogens with one attached hydrogen (secondary N) is 1. The van der Waals surface area contributed by atoms with E-state index >= 15 is 0 Å². The zero-order valence-corrected chi connectivity index (χ0v) is 16.0. The van der Waals surface area contributed by atoms with E-state index in [1.54, 1.807) is 32.5 Å². The van der Waals surface area contributed by atoms with Gasteiger partial charge in [0.15, 0.2) is 0 Å². The third-order valence-electron chi connectivity index (χ3n) is 2.78. The molecule has 0 saturated heterocycles. The molecule has 0 saturated carbocycles. The number of alkyl carbamates (subject to hydrolysis) is 1. The second-order valence-electron chi connectivity index (χ2n) is 7.60. The average Bonchev–Trinajstić information content (AvgIpc) is 2.36. The van der Waals surface area contributed by atoms with Crippen LogP contribution in [0.5, 0.6) is 0 Å². The van der Waals surface area contributed by atoms with Crippen molar-refractivity contribution in [3.05, 3.63) is 29.8 Å². The Morgan fingerprint density at radius 1 is 1.12 bits per heavy atom. The highest BCUT2D eigenvalue weighted by molar-refractivity contribution is 8.00. The van der Waals surface area contributed by atoms with Crippen molar-refractivity contribution in [2.24, 2.45) is 0 Å². The minimum Gasteiger partial charge on any atom is -0.480 e. The number of aliphatic carboxylic acids is 1. The molecule has 1 aromatic carbocycles. The Labute approximate surface area is 148 Å². The quantitative estimate of drug-likeness (QED) is 0.780. The maximum atomic E-state index is 11.8. The summed E-state index contributed by atoms with van der Waals surface area (Å²) in [5.41, 5.74) is 0.176. The van der Waals surface area contributed by atoms with Gasteiger partial charge in [0.1, 0.15) is 11.6 Å². The van der Waals surface area contributed by atoms with E-state index in [2.05, 4.69) is 26.1 Å². The Balaban J connectivity index is 2.72. The van der Waals surface area contributed by atoms with Crippen LogP contribution < -0.4 is 5.32 Å². The van der Waals surface area contributed by atoms with Crippen LogP contribution in [0.4, 0.5) is 4.79 Å². The summed E-state index contributed by atoms with van der Waals surface area (Å²) in [4.78, 5) is 24.3. The predicted molar refractivity (Wildman–Crippen MR) is 96.5 cm³/mol. The van der Waals surface area contributed by atoms with Crippen LogP contribution in [-0.4, -0.2) is 33.6 Å². The van der Waals surface area contributed by atoms with Gasteiger partial charge in [0.25, 0.3) is 0 Å². The predicted octanol–water partition coefficient (Wildman–Crippen LogP) is 4.10. The summed E-state index contributed by atoms with van der Waals surface area (Å²) in [6, 6.07) is 6.69. The van der Waals surface area contributed by atoms with Crippen molar-refractivity contribution in [1.29, 1.82) is 0 Å². The monoisotopic (exact) mass is 353 g/mol. The summed E-state index contributed by atoms with van der Waals surface area (Å²) >= 11 is 1.75. The van der Waals surface area contributed by atoms with Crippen LogP contribution in [0.15, 0.2) is 29.2 Å². The molecular formula is C18H27NO4S. The molecule has 1 rings (SSSR count). The first-order chi connectivity index (χ1) is 10.9. The fourth-order valence-corrected chi connectivity index (χ4v) is 2.91. The first-order valence-corrected chi connectivity index (χ1v) is 8.68. The minimum atomic E-state index is -1.09. The SMILES string of the molecule is CC(C)(C)OC(=O)N[C@H](Cc1ccc(SC(C)(C)C)cc1)C(=O)O. The van der Waals surface area contributed by atoms with Crippen molar-refractivity contribution in [1.82, 2.24) is 5.32 Å². The van der Waals surface area contributed by atoms with E-state index in [4.69, 9.17) is 4.74 Å². The Hall–Kier alpha value is -1.69. The van der Waals surface area contributed by atoms with Crippen LogP contribution >= 0.6 is 11.8 Å². The topological polar surface area (TPSA) is 75.6 Å². The highest BCUT2D eigenvalue weighted by Crippen LogP contribution is 2.31. The molecule has 1 aromatic rings. The molecule has 0 heterocycles. The molecule has 0 aromatic heterocycles. The van der Waals surface area contributed by atoms with Gasteiger partial charge in [-0.3, -0.25) is 0 Å². The molecule has 24 heavy (non-hydrogen) atoms. The second kappa shape index (κ2) is 7.92. The van der Waals surface area contributed by atoms with Crippen LogP contribution in [0.25, 0.3) is 0 Å². The number of hydrogen-bond acceptors (Lipinski definition) is 4. The zero-order chi connectivity index (χ0) is 18.5. The number of ether oxygens (including phenoxy) is 1. The lowest BCUT2D eigenvalue weighted by atomic mass is 10.1. The van der Waals surface area contributed by atoms with Crippen LogP contribution in [0.3, 0.4) is 0 Å². The number of rotatable bonds is 5. The standard InChI is InChI=1S/C18H27NO4S/c1-17(2,3)23-16(22)19-14(15(20)21)11-12-7-9-13(10-8-12)24-18(4,5)6/h7-10,14H,11H2,1-6H3,(H,19,22)(H,20,21)/t14-/m1/s1. The number of carboxylic acids is 1. The summed E-state index contributed by atoms with van der Waals surface area (Å²) in [6.07, 6.45) is -0.524. The number of thioether (sulfide) groups is 1. The lowest BCUT2D eigenvalue weighted by Gasteiger charge is -2.22.